The summed E-state index contributed by atoms with van der Waals surface area (Å²) in [5.74, 6) is -0.0000334. The van der Waals surface area contributed by atoms with Gasteiger partial charge in [-0.15, -0.1) is 0 Å². The van der Waals surface area contributed by atoms with Crippen LogP contribution in [0.2, 0.25) is 5.02 Å². The quantitative estimate of drug-likeness (QED) is 0.653. The SMILES string of the molecule is Cc1cc2oc(=O)cc(COc3ccc(Cl)cc3C(N)=O)c2cc1C(C)C. The van der Waals surface area contributed by atoms with Gasteiger partial charge in [0, 0.05) is 22.0 Å². The van der Waals surface area contributed by atoms with Crippen molar-refractivity contribution in [1.29, 1.82) is 0 Å². The first kappa shape index (κ1) is 19.0. The van der Waals surface area contributed by atoms with Crippen LogP contribution in [0, 0.1) is 6.92 Å². The van der Waals surface area contributed by atoms with Crippen LogP contribution in [0.3, 0.4) is 0 Å². The Morgan fingerprint density at radius 3 is 2.63 bits per heavy atom. The number of rotatable bonds is 5. The zero-order valence-electron chi connectivity index (χ0n) is 15.3. The maximum Gasteiger partial charge on any atom is 0.336 e. The molecule has 0 aliphatic heterocycles. The smallest absolute Gasteiger partial charge is 0.336 e. The molecule has 5 nitrogen and oxygen atoms in total. The summed E-state index contributed by atoms with van der Waals surface area (Å²) in [5, 5.41) is 1.19. The van der Waals surface area contributed by atoms with E-state index in [4.69, 9.17) is 26.5 Å². The van der Waals surface area contributed by atoms with Crippen LogP contribution in [0.5, 0.6) is 5.75 Å². The first-order chi connectivity index (χ1) is 12.8. The molecule has 0 bridgehead atoms. The predicted octanol–water partition coefficient (Wildman–Crippen LogP) is 4.56. The number of ether oxygens (including phenoxy) is 1. The van der Waals surface area contributed by atoms with Crippen molar-refractivity contribution in [2.24, 2.45) is 5.73 Å². The number of nitrogens with two attached hydrogens (primary N) is 1. The maximum absolute atomic E-state index is 12.0. The number of hydrogen-bond acceptors (Lipinski definition) is 4. The van der Waals surface area contributed by atoms with Crippen molar-refractivity contribution in [3.8, 4) is 5.75 Å². The molecule has 140 valence electrons. The predicted molar refractivity (Wildman–Crippen MR) is 106 cm³/mol. The second-order valence-corrected chi connectivity index (χ2v) is 7.18. The maximum atomic E-state index is 12.0. The highest BCUT2D eigenvalue weighted by Crippen LogP contribution is 2.28. The van der Waals surface area contributed by atoms with E-state index in [-0.39, 0.29) is 12.2 Å². The second-order valence-electron chi connectivity index (χ2n) is 6.74. The Hall–Kier alpha value is -2.79. The fraction of sp³-hybridized carbons (Fsp3) is 0.238. The third kappa shape index (κ3) is 3.98. The molecule has 0 atom stereocenters. The zero-order chi connectivity index (χ0) is 19.7. The van der Waals surface area contributed by atoms with Gasteiger partial charge in [0.15, 0.2) is 0 Å². The summed E-state index contributed by atoms with van der Waals surface area (Å²) in [7, 11) is 0. The molecule has 0 saturated carbocycles. The number of hydrogen-bond donors (Lipinski definition) is 1. The standard InChI is InChI=1S/C21H20ClNO4/c1-11(2)15-9-16-13(7-20(24)27-19(16)6-12(15)3)10-26-18-5-4-14(22)8-17(18)21(23)25/h4-9,11H,10H2,1-3H3,(H2,23,25). The van der Waals surface area contributed by atoms with E-state index in [1.807, 2.05) is 19.1 Å². The highest BCUT2D eigenvalue weighted by Gasteiger charge is 2.14. The number of carbonyl (C=O) groups excluding carboxylic acids is 1. The number of benzene rings is 2. The van der Waals surface area contributed by atoms with E-state index in [1.54, 1.807) is 12.1 Å². The van der Waals surface area contributed by atoms with Crippen LogP contribution in [-0.4, -0.2) is 5.91 Å². The highest BCUT2D eigenvalue weighted by atomic mass is 35.5. The van der Waals surface area contributed by atoms with E-state index in [0.29, 0.717) is 27.8 Å². The van der Waals surface area contributed by atoms with Gasteiger partial charge < -0.3 is 14.9 Å². The van der Waals surface area contributed by atoms with Gasteiger partial charge in [-0.05, 0) is 54.3 Å². The third-order valence-electron chi connectivity index (χ3n) is 4.43. The normalized spacial score (nSPS) is 11.1. The van der Waals surface area contributed by atoms with Gasteiger partial charge >= 0.3 is 5.63 Å². The Kier molecular flexibility index (Phi) is 5.24. The molecule has 0 fully saturated rings. The number of fused-ring (bicyclic) bond motifs is 1. The summed E-state index contributed by atoms with van der Waals surface area (Å²) in [4.78, 5) is 23.6. The lowest BCUT2D eigenvalue weighted by Crippen LogP contribution is -2.13. The summed E-state index contributed by atoms with van der Waals surface area (Å²) in [5.41, 5.74) is 8.54. The molecule has 0 spiro atoms. The lowest BCUT2D eigenvalue weighted by Gasteiger charge is -2.14. The van der Waals surface area contributed by atoms with Gasteiger partial charge in [-0.1, -0.05) is 25.4 Å². The fourth-order valence-corrected chi connectivity index (χ4v) is 3.28. The summed E-state index contributed by atoms with van der Waals surface area (Å²) in [6.45, 7) is 6.29. The number of aryl methyl sites for hydroxylation is 1. The van der Waals surface area contributed by atoms with Gasteiger partial charge in [-0.2, -0.15) is 0 Å². The van der Waals surface area contributed by atoms with Crippen molar-refractivity contribution in [1.82, 2.24) is 0 Å². The zero-order valence-corrected chi connectivity index (χ0v) is 16.1. The second kappa shape index (κ2) is 7.45. The molecular weight excluding hydrogens is 366 g/mol. The summed E-state index contributed by atoms with van der Waals surface area (Å²) >= 11 is 5.92. The monoisotopic (exact) mass is 385 g/mol. The van der Waals surface area contributed by atoms with Crippen LogP contribution in [0.15, 0.2) is 45.6 Å². The Labute approximate surface area is 161 Å². The van der Waals surface area contributed by atoms with Crippen LogP contribution in [0.1, 0.15) is 46.8 Å². The van der Waals surface area contributed by atoms with Crippen LogP contribution >= 0.6 is 11.6 Å². The van der Waals surface area contributed by atoms with Crippen LogP contribution in [-0.2, 0) is 6.61 Å². The molecular formula is C21H20ClNO4. The number of halogens is 1. The first-order valence-electron chi connectivity index (χ1n) is 8.55. The van der Waals surface area contributed by atoms with E-state index in [2.05, 4.69) is 13.8 Å². The van der Waals surface area contributed by atoms with Gasteiger partial charge in [0.05, 0.1) is 5.56 Å². The van der Waals surface area contributed by atoms with E-state index < -0.39 is 11.5 Å². The molecule has 1 aromatic heterocycles. The molecule has 0 aliphatic carbocycles. The third-order valence-corrected chi connectivity index (χ3v) is 4.66. The van der Waals surface area contributed by atoms with E-state index in [9.17, 15) is 9.59 Å². The first-order valence-corrected chi connectivity index (χ1v) is 8.93. The summed E-state index contributed by atoms with van der Waals surface area (Å²) < 4.78 is 11.1. The molecule has 6 heteroatoms. The number of carbonyl (C=O) groups is 1. The Bertz CT molecular complexity index is 1090. The van der Waals surface area contributed by atoms with Crippen molar-refractivity contribution in [2.75, 3.05) is 0 Å². The largest absolute Gasteiger partial charge is 0.488 e. The molecule has 3 aromatic rings. The number of amides is 1. The molecule has 2 aromatic carbocycles. The average Bonchev–Trinajstić information content (AvgIpc) is 2.59. The van der Waals surface area contributed by atoms with Crippen molar-refractivity contribution >= 4 is 28.5 Å². The lowest BCUT2D eigenvalue weighted by atomic mass is 9.95. The van der Waals surface area contributed by atoms with Crippen molar-refractivity contribution < 1.29 is 13.9 Å². The van der Waals surface area contributed by atoms with Crippen LogP contribution < -0.4 is 16.1 Å². The highest BCUT2D eigenvalue weighted by molar-refractivity contribution is 6.31. The summed E-state index contributed by atoms with van der Waals surface area (Å²) in [6.07, 6.45) is 0. The van der Waals surface area contributed by atoms with Gasteiger partial charge in [0.1, 0.15) is 17.9 Å². The van der Waals surface area contributed by atoms with Crippen LogP contribution in [0.25, 0.3) is 11.0 Å². The van der Waals surface area contributed by atoms with Gasteiger partial charge in [0.2, 0.25) is 0 Å². The number of primary amides is 1. The van der Waals surface area contributed by atoms with E-state index in [1.165, 1.54) is 17.7 Å². The minimum absolute atomic E-state index is 0.0879. The molecule has 0 aliphatic rings. The molecule has 3 rings (SSSR count). The Morgan fingerprint density at radius 2 is 1.96 bits per heavy atom. The van der Waals surface area contributed by atoms with Gasteiger partial charge in [-0.25, -0.2) is 4.79 Å². The Morgan fingerprint density at radius 1 is 1.22 bits per heavy atom. The summed E-state index contributed by atoms with van der Waals surface area (Å²) in [6, 6.07) is 9.94. The molecule has 0 saturated heterocycles. The van der Waals surface area contributed by atoms with Crippen molar-refractivity contribution in [3.63, 3.8) is 0 Å². The Balaban J connectivity index is 2.04. The average molecular weight is 386 g/mol. The molecule has 2 N–H and O–H groups in total. The lowest BCUT2D eigenvalue weighted by molar-refractivity contribution is 0.0996. The molecule has 1 amide bonds. The fourth-order valence-electron chi connectivity index (χ4n) is 3.11. The molecule has 0 unspecified atom stereocenters. The minimum atomic E-state index is -0.636. The topological polar surface area (TPSA) is 82.5 Å². The van der Waals surface area contributed by atoms with E-state index in [0.717, 1.165) is 10.9 Å². The molecule has 0 radical (unpaired) electrons. The van der Waals surface area contributed by atoms with Crippen LogP contribution in [0.4, 0.5) is 0 Å². The van der Waals surface area contributed by atoms with Gasteiger partial charge in [-0.3, -0.25) is 4.79 Å². The molecule has 1 heterocycles. The van der Waals surface area contributed by atoms with Gasteiger partial charge in [0.25, 0.3) is 5.91 Å². The van der Waals surface area contributed by atoms with E-state index >= 15 is 0 Å². The van der Waals surface area contributed by atoms with Crippen molar-refractivity contribution in [3.05, 3.63) is 74.1 Å². The van der Waals surface area contributed by atoms with Crippen molar-refractivity contribution in [2.45, 2.75) is 33.3 Å². The molecule has 27 heavy (non-hydrogen) atoms. The minimum Gasteiger partial charge on any atom is -0.488 e.